The minimum Gasteiger partial charge on any atom is -0.420 e. The van der Waals surface area contributed by atoms with Crippen LogP contribution in [-0.4, -0.2) is 16.3 Å². The van der Waals surface area contributed by atoms with Crippen molar-refractivity contribution in [2.24, 2.45) is 7.05 Å². The highest BCUT2D eigenvalue weighted by molar-refractivity contribution is 6.06. The number of hydrogen-bond donors (Lipinski definition) is 0. The van der Waals surface area contributed by atoms with Crippen LogP contribution in [0.2, 0.25) is 0 Å². The SMILES string of the molecule is CC(=O)c1c(OC(=O)c2ccccc2)c2ccccc2n1C. The standard InChI is InChI=1S/C18H15NO3/c1-12(20)16-17(14-10-6-7-11-15(14)19(16)2)22-18(21)13-8-4-3-5-9-13/h3-11H,1-2H3. The highest BCUT2D eigenvalue weighted by atomic mass is 16.5. The lowest BCUT2D eigenvalue weighted by atomic mass is 10.2. The number of nitrogens with zero attached hydrogens (tertiary/aromatic N) is 1. The highest BCUT2D eigenvalue weighted by Gasteiger charge is 2.22. The van der Waals surface area contributed by atoms with E-state index in [0.29, 0.717) is 17.0 Å². The number of aryl methyl sites for hydroxylation is 1. The lowest BCUT2D eigenvalue weighted by Gasteiger charge is -2.06. The van der Waals surface area contributed by atoms with Gasteiger partial charge in [-0.25, -0.2) is 4.79 Å². The van der Waals surface area contributed by atoms with Gasteiger partial charge in [-0.2, -0.15) is 0 Å². The Balaban J connectivity index is 2.12. The zero-order valence-corrected chi connectivity index (χ0v) is 12.4. The van der Waals surface area contributed by atoms with Gasteiger partial charge in [0.05, 0.1) is 11.1 Å². The molecule has 2 aromatic carbocycles. The van der Waals surface area contributed by atoms with Crippen LogP contribution in [0.1, 0.15) is 27.8 Å². The van der Waals surface area contributed by atoms with Gasteiger partial charge in [-0.3, -0.25) is 4.79 Å². The van der Waals surface area contributed by atoms with E-state index in [9.17, 15) is 9.59 Å². The molecule has 4 heteroatoms. The topological polar surface area (TPSA) is 48.3 Å². The van der Waals surface area contributed by atoms with Gasteiger partial charge in [0.1, 0.15) is 5.69 Å². The van der Waals surface area contributed by atoms with E-state index in [2.05, 4.69) is 0 Å². The predicted molar refractivity (Wildman–Crippen MR) is 84.3 cm³/mol. The van der Waals surface area contributed by atoms with E-state index in [-0.39, 0.29) is 5.78 Å². The number of carbonyl (C=O) groups excluding carboxylic acids is 2. The third kappa shape index (κ3) is 2.29. The minimum atomic E-state index is -0.473. The summed E-state index contributed by atoms with van der Waals surface area (Å²) in [5.74, 6) is -0.298. The van der Waals surface area contributed by atoms with Gasteiger partial charge < -0.3 is 9.30 Å². The summed E-state index contributed by atoms with van der Waals surface area (Å²) < 4.78 is 7.30. The Morgan fingerprint density at radius 1 is 0.955 bits per heavy atom. The molecule has 0 saturated heterocycles. The molecule has 4 nitrogen and oxygen atoms in total. The molecule has 0 spiro atoms. The lowest BCUT2D eigenvalue weighted by Crippen LogP contribution is -2.11. The van der Waals surface area contributed by atoms with Crippen molar-refractivity contribution in [2.45, 2.75) is 6.92 Å². The zero-order valence-electron chi connectivity index (χ0n) is 12.4. The van der Waals surface area contributed by atoms with Gasteiger partial charge in [-0.05, 0) is 24.3 Å². The maximum atomic E-state index is 12.3. The first kappa shape index (κ1) is 14.1. The lowest BCUT2D eigenvalue weighted by molar-refractivity contribution is 0.0734. The van der Waals surface area contributed by atoms with E-state index in [0.717, 1.165) is 10.9 Å². The molecule has 0 bridgehead atoms. The molecule has 0 atom stereocenters. The second-order valence-corrected chi connectivity index (χ2v) is 5.07. The number of hydrogen-bond acceptors (Lipinski definition) is 3. The van der Waals surface area contributed by atoms with Gasteiger partial charge in [-0.15, -0.1) is 0 Å². The zero-order chi connectivity index (χ0) is 15.7. The number of ketones is 1. The Labute approximate surface area is 127 Å². The predicted octanol–water partition coefficient (Wildman–Crippen LogP) is 3.60. The quantitative estimate of drug-likeness (QED) is 0.547. The number of carbonyl (C=O) groups is 2. The van der Waals surface area contributed by atoms with Crippen LogP contribution in [0.15, 0.2) is 54.6 Å². The number of aromatic nitrogens is 1. The van der Waals surface area contributed by atoms with Gasteiger partial charge >= 0.3 is 5.97 Å². The first-order chi connectivity index (χ1) is 10.6. The van der Waals surface area contributed by atoms with E-state index in [1.807, 2.05) is 30.3 Å². The van der Waals surface area contributed by atoms with Crippen LogP contribution < -0.4 is 4.74 Å². The third-order valence-electron chi connectivity index (χ3n) is 3.60. The smallest absolute Gasteiger partial charge is 0.343 e. The number of rotatable bonds is 3. The van der Waals surface area contributed by atoms with E-state index >= 15 is 0 Å². The normalized spacial score (nSPS) is 10.6. The van der Waals surface area contributed by atoms with E-state index in [4.69, 9.17) is 4.74 Å². The second kappa shape index (κ2) is 5.48. The largest absolute Gasteiger partial charge is 0.420 e. The highest BCUT2D eigenvalue weighted by Crippen LogP contribution is 2.33. The summed E-state index contributed by atoms with van der Waals surface area (Å²) in [6.07, 6.45) is 0. The number of benzene rings is 2. The Hall–Kier alpha value is -2.88. The van der Waals surface area contributed by atoms with E-state index in [1.54, 1.807) is 35.9 Å². The molecular weight excluding hydrogens is 278 g/mol. The van der Waals surface area contributed by atoms with Gasteiger partial charge in [0, 0.05) is 19.4 Å². The molecule has 0 aliphatic carbocycles. The van der Waals surface area contributed by atoms with Crippen molar-refractivity contribution in [1.29, 1.82) is 0 Å². The Morgan fingerprint density at radius 3 is 2.27 bits per heavy atom. The van der Waals surface area contributed by atoms with Crippen LogP contribution in [0.25, 0.3) is 10.9 Å². The van der Waals surface area contributed by atoms with Gasteiger partial charge in [-0.1, -0.05) is 30.3 Å². The summed E-state index contributed by atoms with van der Waals surface area (Å²) in [5.41, 5.74) is 1.69. The number of Topliss-reactive ketones (excluding diaryl/α,β-unsaturated/α-hetero) is 1. The molecule has 3 rings (SSSR count). The van der Waals surface area contributed by atoms with Crippen LogP contribution in [-0.2, 0) is 7.05 Å². The van der Waals surface area contributed by atoms with E-state index in [1.165, 1.54) is 6.92 Å². The Bertz CT molecular complexity index is 863. The molecule has 0 aliphatic rings. The van der Waals surface area contributed by atoms with Gasteiger partial charge in [0.25, 0.3) is 0 Å². The van der Waals surface area contributed by atoms with Crippen molar-refractivity contribution >= 4 is 22.7 Å². The van der Waals surface area contributed by atoms with Crippen LogP contribution in [0, 0.1) is 0 Å². The molecule has 1 heterocycles. The third-order valence-corrected chi connectivity index (χ3v) is 3.60. The number of fused-ring (bicyclic) bond motifs is 1. The summed E-state index contributed by atoms with van der Waals surface area (Å²) in [4.78, 5) is 24.3. The first-order valence-electron chi connectivity index (χ1n) is 6.95. The fourth-order valence-corrected chi connectivity index (χ4v) is 2.58. The minimum absolute atomic E-state index is 0.144. The van der Waals surface area contributed by atoms with Crippen LogP contribution >= 0.6 is 0 Å². The summed E-state index contributed by atoms with van der Waals surface area (Å²) in [5, 5.41) is 0.750. The summed E-state index contributed by atoms with van der Waals surface area (Å²) >= 11 is 0. The van der Waals surface area contributed by atoms with Crippen molar-refractivity contribution in [1.82, 2.24) is 4.57 Å². The van der Waals surface area contributed by atoms with Crippen LogP contribution in [0.3, 0.4) is 0 Å². The molecule has 0 unspecified atom stereocenters. The van der Waals surface area contributed by atoms with Crippen LogP contribution in [0.4, 0.5) is 0 Å². The number of para-hydroxylation sites is 1. The maximum Gasteiger partial charge on any atom is 0.343 e. The molecule has 0 aliphatic heterocycles. The summed E-state index contributed by atoms with van der Waals surface area (Å²) in [6.45, 7) is 1.47. The molecule has 0 N–H and O–H groups in total. The molecule has 3 aromatic rings. The number of ether oxygens (including phenoxy) is 1. The molecule has 1 aromatic heterocycles. The summed E-state index contributed by atoms with van der Waals surface area (Å²) in [6, 6.07) is 16.2. The van der Waals surface area contributed by atoms with Crippen molar-refractivity contribution in [3.05, 3.63) is 65.9 Å². The van der Waals surface area contributed by atoms with Gasteiger partial charge in [0.2, 0.25) is 0 Å². The molecular formula is C18H15NO3. The molecule has 110 valence electrons. The van der Waals surface area contributed by atoms with Crippen molar-refractivity contribution in [2.75, 3.05) is 0 Å². The summed E-state index contributed by atoms with van der Waals surface area (Å²) in [7, 11) is 1.79. The average molecular weight is 293 g/mol. The second-order valence-electron chi connectivity index (χ2n) is 5.07. The molecule has 0 radical (unpaired) electrons. The molecule has 0 fully saturated rings. The van der Waals surface area contributed by atoms with Crippen LogP contribution in [0.5, 0.6) is 5.75 Å². The fourth-order valence-electron chi connectivity index (χ4n) is 2.58. The molecule has 0 saturated carbocycles. The number of esters is 1. The Kier molecular flexibility index (Phi) is 3.51. The average Bonchev–Trinajstić information content (AvgIpc) is 2.81. The monoisotopic (exact) mass is 293 g/mol. The molecule has 22 heavy (non-hydrogen) atoms. The maximum absolute atomic E-state index is 12.3. The Morgan fingerprint density at radius 2 is 1.59 bits per heavy atom. The first-order valence-corrected chi connectivity index (χ1v) is 6.95. The molecule has 0 amide bonds. The van der Waals surface area contributed by atoms with Gasteiger partial charge in [0.15, 0.2) is 11.5 Å². The van der Waals surface area contributed by atoms with Crippen molar-refractivity contribution in [3.8, 4) is 5.75 Å². The fraction of sp³-hybridized carbons (Fsp3) is 0.111. The van der Waals surface area contributed by atoms with E-state index < -0.39 is 5.97 Å². The van der Waals surface area contributed by atoms with Crippen molar-refractivity contribution in [3.63, 3.8) is 0 Å². The van der Waals surface area contributed by atoms with Crippen molar-refractivity contribution < 1.29 is 14.3 Å².